The molecule has 0 heterocycles. The van der Waals surface area contributed by atoms with E-state index in [0.717, 1.165) is 18.6 Å². The molecule has 0 aromatic rings. The summed E-state index contributed by atoms with van der Waals surface area (Å²) in [5.74, 6) is 1.11. The Bertz CT molecular complexity index is 542. The van der Waals surface area contributed by atoms with Gasteiger partial charge >= 0.3 is 0 Å². The lowest BCUT2D eigenvalue weighted by atomic mass is 9.94. The zero-order chi connectivity index (χ0) is 30.2. The largest absolute Gasteiger partial charge is 0.386 e. The highest BCUT2D eigenvalue weighted by Crippen LogP contribution is 2.22. The molecule has 0 spiro atoms. The number of rotatable bonds is 33. The average Bonchev–Trinajstić information content (AvgIpc) is 2.97. The van der Waals surface area contributed by atoms with Crippen molar-refractivity contribution in [3.05, 3.63) is 11.4 Å². The van der Waals surface area contributed by atoms with E-state index in [4.69, 9.17) is 16.2 Å². The van der Waals surface area contributed by atoms with Crippen molar-refractivity contribution in [1.82, 2.24) is 0 Å². The van der Waals surface area contributed by atoms with Crippen LogP contribution in [0.25, 0.3) is 0 Å². The predicted octanol–water partition coefficient (Wildman–Crippen LogP) is 12.5. The third-order valence-corrected chi connectivity index (χ3v) is 9.27. The lowest BCUT2D eigenvalue weighted by Gasteiger charge is -2.23. The van der Waals surface area contributed by atoms with Crippen LogP contribution < -0.4 is 11.5 Å². The molecule has 0 amide bonds. The first-order chi connectivity index (χ1) is 20.1. The monoisotopic (exact) mass is 579 g/mol. The summed E-state index contributed by atoms with van der Waals surface area (Å²) in [5, 5.41) is 0. The summed E-state index contributed by atoms with van der Waals surface area (Å²) in [6.45, 7) is 9.66. The fourth-order valence-electron chi connectivity index (χ4n) is 6.20. The first-order valence-electron chi connectivity index (χ1n) is 18.9. The van der Waals surface area contributed by atoms with E-state index in [0.29, 0.717) is 11.7 Å². The predicted molar refractivity (Wildman–Crippen MR) is 185 cm³/mol. The summed E-state index contributed by atoms with van der Waals surface area (Å²) in [6, 6.07) is 0. The van der Waals surface area contributed by atoms with E-state index >= 15 is 0 Å². The molecule has 246 valence electrons. The van der Waals surface area contributed by atoms with Gasteiger partial charge in [-0.2, -0.15) is 0 Å². The molecule has 0 aromatic heterocycles. The molecule has 0 bridgehead atoms. The molecule has 0 aliphatic carbocycles. The molecular formula is C38H78N2O. The maximum absolute atomic E-state index is 6.39. The number of hydrogen-bond acceptors (Lipinski definition) is 3. The molecule has 0 saturated heterocycles. The van der Waals surface area contributed by atoms with Crippen molar-refractivity contribution in [2.45, 2.75) is 220 Å². The summed E-state index contributed by atoms with van der Waals surface area (Å²) in [6.07, 6.45) is 40.6. The number of nitrogens with two attached hydrogens (primary N) is 2. The Morgan fingerprint density at radius 2 is 0.756 bits per heavy atom. The molecule has 0 aromatic carbocycles. The van der Waals surface area contributed by atoms with Gasteiger partial charge in [-0.1, -0.05) is 188 Å². The van der Waals surface area contributed by atoms with Crippen LogP contribution in [0.15, 0.2) is 11.4 Å². The van der Waals surface area contributed by atoms with Gasteiger partial charge in [0.25, 0.3) is 0 Å². The second kappa shape index (κ2) is 32.2. The van der Waals surface area contributed by atoms with Crippen LogP contribution >= 0.6 is 0 Å². The maximum Gasteiger partial charge on any atom is 0.0948 e. The number of unbranched alkanes of at least 4 members (excludes halogenated alkanes) is 24. The van der Waals surface area contributed by atoms with E-state index < -0.39 is 0 Å². The zero-order valence-electron chi connectivity index (χ0n) is 28.9. The molecule has 0 rings (SSSR count). The Labute approximate surface area is 259 Å². The van der Waals surface area contributed by atoms with E-state index in [1.165, 1.54) is 180 Å². The highest BCUT2D eigenvalue weighted by atomic mass is 16.5. The van der Waals surface area contributed by atoms with Gasteiger partial charge in [-0.05, 0) is 37.7 Å². The quantitative estimate of drug-likeness (QED) is 0.0761. The second-order valence-corrected chi connectivity index (χ2v) is 13.3. The number of ether oxygens (including phenoxy) is 1. The third kappa shape index (κ3) is 27.9. The summed E-state index contributed by atoms with van der Waals surface area (Å²) in [4.78, 5) is 0. The molecule has 2 unspecified atom stereocenters. The van der Waals surface area contributed by atoms with Crippen LogP contribution in [-0.2, 0) is 4.74 Å². The van der Waals surface area contributed by atoms with E-state index in [1.807, 2.05) is 6.92 Å². The Morgan fingerprint density at radius 1 is 0.463 bits per heavy atom. The lowest BCUT2D eigenvalue weighted by molar-refractivity contribution is 0.0418. The summed E-state index contributed by atoms with van der Waals surface area (Å²) in [7, 11) is 0. The Hall–Kier alpha value is -0.700. The molecule has 0 aliphatic heterocycles. The van der Waals surface area contributed by atoms with E-state index in [2.05, 4.69) is 20.8 Å². The highest BCUT2D eigenvalue weighted by Gasteiger charge is 2.15. The normalized spacial score (nSPS) is 13.0. The van der Waals surface area contributed by atoms with Crippen molar-refractivity contribution in [2.24, 2.45) is 17.4 Å². The van der Waals surface area contributed by atoms with E-state index in [9.17, 15) is 0 Å². The molecule has 2 atom stereocenters. The van der Waals surface area contributed by atoms with Crippen molar-refractivity contribution in [3.8, 4) is 0 Å². The molecule has 0 radical (unpaired) electrons. The van der Waals surface area contributed by atoms with Gasteiger partial charge in [0.1, 0.15) is 0 Å². The van der Waals surface area contributed by atoms with Crippen molar-refractivity contribution < 1.29 is 4.74 Å². The fourth-order valence-corrected chi connectivity index (χ4v) is 6.20. The van der Waals surface area contributed by atoms with Crippen molar-refractivity contribution in [2.75, 3.05) is 6.61 Å². The van der Waals surface area contributed by atoms with Gasteiger partial charge in [-0.15, -0.1) is 0 Å². The van der Waals surface area contributed by atoms with Crippen molar-refractivity contribution >= 4 is 0 Å². The van der Waals surface area contributed by atoms with Gasteiger partial charge in [0, 0.05) is 0 Å². The van der Waals surface area contributed by atoms with E-state index in [-0.39, 0.29) is 6.10 Å². The molecule has 4 N–H and O–H groups in total. The summed E-state index contributed by atoms with van der Waals surface area (Å²) < 4.78 is 6.39. The molecule has 0 saturated carbocycles. The van der Waals surface area contributed by atoms with Crippen molar-refractivity contribution in [1.29, 1.82) is 0 Å². The molecule has 0 aliphatic rings. The SMILES string of the molecule is CCCCCCCCCCCCCCCCC(CCCCCCCCCCCCCC)COC(CC)C(C)=C(N)N. The Kier molecular flexibility index (Phi) is 31.7. The van der Waals surface area contributed by atoms with Gasteiger partial charge in [0.2, 0.25) is 0 Å². The van der Waals surface area contributed by atoms with Crippen LogP contribution in [0.3, 0.4) is 0 Å². The van der Waals surface area contributed by atoms with Gasteiger partial charge in [-0.25, -0.2) is 0 Å². The van der Waals surface area contributed by atoms with Gasteiger partial charge in [-0.3, -0.25) is 0 Å². The van der Waals surface area contributed by atoms with Gasteiger partial charge < -0.3 is 16.2 Å². The Morgan fingerprint density at radius 3 is 1.02 bits per heavy atom. The van der Waals surface area contributed by atoms with Gasteiger partial charge in [0.05, 0.1) is 18.5 Å². The lowest BCUT2D eigenvalue weighted by Crippen LogP contribution is -2.24. The van der Waals surface area contributed by atoms with Crippen LogP contribution in [0.4, 0.5) is 0 Å². The Balaban J connectivity index is 4.07. The van der Waals surface area contributed by atoms with Crippen molar-refractivity contribution in [3.63, 3.8) is 0 Å². The van der Waals surface area contributed by atoms with Crippen LogP contribution in [0.1, 0.15) is 214 Å². The minimum absolute atomic E-state index is 0.0702. The average molecular weight is 579 g/mol. The van der Waals surface area contributed by atoms with Crippen LogP contribution in [-0.4, -0.2) is 12.7 Å². The first kappa shape index (κ1) is 40.3. The summed E-state index contributed by atoms with van der Waals surface area (Å²) in [5.41, 5.74) is 12.8. The van der Waals surface area contributed by atoms with Gasteiger partial charge in [0.15, 0.2) is 0 Å². The minimum atomic E-state index is 0.0702. The fraction of sp³-hybridized carbons (Fsp3) is 0.947. The topological polar surface area (TPSA) is 61.3 Å². The number of hydrogen-bond donors (Lipinski definition) is 2. The van der Waals surface area contributed by atoms with E-state index in [1.54, 1.807) is 0 Å². The molecule has 41 heavy (non-hydrogen) atoms. The molecule has 0 fully saturated rings. The molecule has 3 nitrogen and oxygen atoms in total. The third-order valence-electron chi connectivity index (χ3n) is 9.27. The molecule has 3 heteroatoms. The zero-order valence-corrected chi connectivity index (χ0v) is 28.9. The minimum Gasteiger partial charge on any atom is -0.386 e. The smallest absolute Gasteiger partial charge is 0.0948 e. The standard InChI is InChI=1S/C38H78N2O/c1-5-8-10-12-14-16-18-20-21-23-25-27-29-31-33-36(34-41-37(7-3)35(4)38(39)40)32-30-28-26-24-22-19-17-15-13-11-9-6-2/h36-37H,5-34,39-40H2,1-4H3. The maximum atomic E-state index is 6.39. The van der Waals surface area contributed by atoms with Crippen LogP contribution in [0.5, 0.6) is 0 Å². The highest BCUT2D eigenvalue weighted by molar-refractivity contribution is 5.10. The molecular weight excluding hydrogens is 500 g/mol. The van der Waals surface area contributed by atoms with Crippen LogP contribution in [0.2, 0.25) is 0 Å². The van der Waals surface area contributed by atoms with Crippen LogP contribution in [0, 0.1) is 5.92 Å². The second-order valence-electron chi connectivity index (χ2n) is 13.3. The summed E-state index contributed by atoms with van der Waals surface area (Å²) >= 11 is 0. The first-order valence-corrected chi connectivity index (χ1v) is 18.9.